The third-order valence-corrected chi connectivity index (χ3v) is 2.91. The van der Waals surface area contributed by atoms with Gasteiger partial charge in [0.1, 0.15) is 0 Å². The lowest BCUT2D eigenvalue weighted by Crippen LogP contribution is -2.30. The molecule has 1 aliphatic heterocycles. The zero-order valence-electron chi connectivity index (χ0n) is 6.94. The Kier molecular flexibility index (Phi) is 1.75. The topological polar surface area (TPSA) is 57.6 Å². The van der Waals surface area contributed by atoms with Gasteiger partial charge in [0.25, 0.3) is 0 Å². The smallest absolute Gasteiger partial charge is 0.407 e. The van der Waals surface area contributed by atoms with Crippen LogP contribution in [0.2, 0.25) is 0 Å². The molecule has 1 amide bonds. The van der Waals surface area contributed by atoms with Crippen molar-refractivity contribution in [3.63, 3.8) is 0 Å². The number of alkyl halides is 1. The van der Waals surface area contributed by atoms with E-state index in [1.807, 2.05) is 0 Å². The molecule has 0 aromatic heterocycles. The van der Waals surface area contributed by atoms with Gasteiger partial charge in [-0.1, -0.05) is 0 Å². The first-order chi connectivity index (χ1) is 6.09. The molecule has 1 N–H and O–H groups in total. The van der Waals surface area contributed by atoms with Crippen LogP contribution in [-0.2, 0) is 4.79 Å². The Morgan fingerprint density at radius 2 is 2.23 bits per heavy atom. The van der Waals surface area contributed by atoms with E-state index < -0.39 is 12.3 Å². The van der Waals surface area contributed by atoms with Crippen molar-refractivity contribution in [2.45, 2.75) is 12.6 Å². The Labute approximate surface area is 74.3 Å². The molecule has 0 aromatic carbocycles. The second-order valence-corrected chi connectivity index (χ2v) is 3.68. The van der Waals surface area contributed by atoms with E-state index >= 15 is 0 Å². The number of carbonyl (C=O) groups is 2. The van der Waals surface area contributed by atoms with Crippen molar-refractivity contribution < 1.29 is 19.1 Å². The number of hydrogen-bond donors (Lipinski definition) is 1. The number of Topliss-reactive ketones (excluding diaryl/α,β-unsaturated/α-hetero) is 1. The highest BCUT2D eigenvalue weighted by Gasteiger charge is 2.49. The molecule has 2 aliphatic rings. The van der Waals surface area contributed by atoms with Gasteiger partial charge in [0.2, 0.25) is 0 Å². The number of nitrogens with zero attached hydrogens (tertiary/aromatic N) is 1. The quantitative estimate of drug-likeness (QED) is 0.601. The molecule has 13 heavy (non-hydrogen) atoms. The first-order valence-electron chi connectivity index (χ1n) is 4.24. The van der Waals surface area contributed by atoms with E-state index in [2.05, 4.69) is 0 Å². The maximum atomic E-state index is 13.1. The Morgan fingerprint density at radius 1 is 1.54 bits per heavy atom. The Bertz CT molecular complexity index is 268. The molecule has 2 fully saturated rings. The lowest BCUT2D eigenvalue weighted by Gasteiger charge is -2.12. The lowest BCUT2D eigenvalue weighted by atomic mass is 10.0. The molecule has 0 bridgehead atoms. The van der Waals surface area contributed by atoms with Gasteiger partial charge in [-0.3, -0.25) is 4.79 Å². The Hall–Kier alpha value is -1.13. The average Bonchev–Trinajstić information content (AvgIpc) is 2.55. The summed E-state index contributed by atoms with van der Waals surface area (Å²) in [6.45, 7) is 0.485. The van der Waals surface area contributed by atoms with Crippen LogP contribution in [0.3, 0.4) is 0 Å². The molecule has 2 rings (SSSR count). The summed E-state index contributed by atoms with van der Waals surface area (Å²) in [5.41, 5.74) is 0. The molecule has 5 heteroatoms. The standard InChI is InChI=1S/C8H10FNO3/c9-7-5-3-10(8(12)13)2-4(5)1-6(7)11/h4-5,7H,1-3H2,(H,12,13)/t4-,5+,7-/m1/s1. The molecule has 1 aliphatic carbocycles. The number of amides is 1. The minimum absolute atomic E-state index is 0.0846. The van der Waals surface area contributed by atoms with Crippen molar-refractivity contribution in [1.82, 2.24) is 4.90 Å². The van der Waals surface area contributed by atoms with Crippen molar-refractivity contribution in [2.24, 2.45) is 11.8 Å². The maximum Gasteiger partial charge on any atom is 0.407 e. The molecule has 1 saturated heterocycles. The molecule has 1 saturated carbocycles. The molecule has 0 radical (unpaired) electrons. The van der Waals surface area contributed by atoms with Crippen molar-refractivity contribution in [2.75, 3.05) is 13.1 Å². The van der Waals surface area contributed by atoms with Crippen molar-refractivity contribution in [3.8, 4) is 0 Å². The number of rotatable bonds is 0. The summed E-state index contributed by atoms with van der Waals surface area (Å²) in [5, 5.41) is 8.64. The summed E-state index contributed by atoms with van der Waals surface area (Å²) in [5.74, 6) is -0.831. The van der Waals surface area contributed by atoms with Gasteiger partial charge >= 0.3 is 6.09 Å². The Morgan fingerprint density at radius 3 is 2.77 bits per heavy atom. The lowest BCUT2D eigenvalue weighted by molar-refractivity contribution is -0.122. The summed E-state index contributed by atoms with van der Waals surface area (Å²) in [6, 6.07) is 0. The monoisotopic (exact) mass is 187 g/mol. The zero-order valence-corrected chi connectivity index (χ0v) is 6.94. The number of fused-ring (bicyclic) bond motifs is 1. The fourth-order valence-electron chi connectivity index (χ4n) is 2.21. The van der Waals surface area contributed by atoms with Gasteiger partial charge in [0.05, 0.1) is 0 Å². The van der Waals surface area contributed by atoms with E-state index in [0.717, 1.165) is 0 Å². The molecule has 0 aromatic rings. The van der Waals surface area contributed by atoms with Crippen LogP contribution in [0.4, 0.5) is 9.18 Å². The van der Waals surface area contributed by atoms with Crippen LogP contribution in [0.1, 0.15) is 6.42 Å². The number of ketones is 1. The molecule has 72 valence electrons. The van der Waals surface area contributed by atoms with E-state index in [-0.39, 0.29) is 30.6 Å². The number of carbonyl (C=O) groups excluding carboxylic acids is 1. The van der Waals surface area contributed by atoms with Gasteiger partial charge in [-0.05, 0) is 5.92 Å². The predicted octanol–water partition coefficient (Wildman–Crippen LogP) is 0.523. The zero-order chi connectivity index (χ0) is 9.59. The SMILES string of the molecule is O=C1C[C@@H]2CN(C(=O)O)C[C@@H]2[C@H]1F. The highest BCUT2D eigenvalue weighted by atomic mass is 19.1. The third-order valence-electron chi connectivity index (χ3n) is 2.91. The van der Waals surface area contributed by atoms with Crippen molar-refractivity contribution in [3.05, 3.63) is 0 Å². The van der Waals surface area contributed by atoms with Crippen LogP contribution in [0, 0.1) is 11.8 Å². The summed E-state index contributed by atoms with van der Waals surface area (Å²) < 4.78 is 13.1. The fourth-order valence-corrected chi connectivity index (χ4v) is 2.21. The summed E-state index contributed by atoms with van der Waals surface area (Å²) >= 11 is 0. The van der Waals surface area contributed by atoms with Crippen molar-refractivity contribution >= 4 is 11.9 Å². The highest BCUT2D eigenvalue weighted by Crippen LogP contribution is 2.37. The van der Waals surface area contributed by atoms with Gasteiger partial charge in [-0.2, -0.15) is 0 Å². The number of carboxylic acid groups (broad SMARTS) is 1. The van der Waals surface area contributed by atoms with E-state index in [1.54, 1.807) is 0 Å². The first-order valence-corrected chi connectivity index (χ1v) is 4.24. The normalized spacial score (nSPS) is 38.1. The minimum Gasteiger partial charge on any atom is -0.465 e. The second kappa shape index (κ2) is 2.68. The molecule has 0 spiro atoms. The van der Waals surface area contributed by atoms with E-state index in [1.165, 1.54) is 4.90 Å². The predicted molar refractivity (Wildman–Crippen MR) is 41.1 cm³/mol. The average molecular weight is 187 g/mol. The van der Waals surface area contributed by atoms with Gasteiger partial charge in [-0.15, -0.1) is 0 Å². The second-order valence-electron chi connectivity index (χ2n) is 3.68. The molecular formula is C8H10FNO3. The fraction of sp³-hybridized carbons (Fsp3) is 0.750. The minimum atomic E-state index is -1.44. The van der Waals surface area contributed by atoms with Gasteiger partial charge in [-0.25, -0.2) is 9.18 Å². The largest absolute Gasteiger partial charge is 0.465 e. The van der Waals surface area contributed by atoms with Crippen LogP contribution in [-0.4, -0.2) is 41.1 Å². The van der Waals surface area contributed by atoms with Gasteiger partial charge in [0, 0.05) is 25.4 Å². The van der Waals surface area contributed by atoms with Crippen LogP contribution in [0.15, 0.2) is 0 Å². The molecule has 1 heterocycles. The molecular weight excluding hydrogens is 177 g/mol. The number of likely N-dealkylation sites (tertiary alicyclic amines) is 1. The maximum absolute atomic E-state index is 13.1. The molecule has 0 unspecified atom stereocenters. The summed E-state index contributed by atoms with van der Waals surface area (Å²) in [7, 11) is 0. The van der Waals surface area contributed by atoms with Crippen LogP contribution < -0.4 is 0 Å². The number of hydrogen-bond acceptors (Lipinski definition) is 2. The van der Waals surface area contributed by atoms with E-state index in [9.17, 15) is 14.0 Å². The van der Waals surface area contributed by atoms with Gasteiger partial charge < -0.3 is 10.0 Å². The summed E-state index contributed by atoms with van der Waals surface area (Å²) in [6.07, 6.45) is -2.25. The van der Waals surface area contributed by atoms with E-state index in [4.69, 9.17) is 5.11 Å². The van der Waals surface area contributed by atoms with Crippen LogP contribution in [0.5, 0.6) is 0 Å². The molecule has 3 atom stereocenters. The number of halogens is 1. The Balaban J connectivity index is 2.09. The molecule has 4 nitrogen and oxygen atoms in total. The first kappa shape index (κ1) is 8.47. The van der Waals surface area contributed by atoms with E-state index in [0.29, 0.717) is 6.54 Å². The van der Waals surface area contributed by atoms with Crippen molar-refractivity contribution in [1.29, 1.82) is 0 Å². The van der Waals surface area contributed by atoms with Gasteiger partial charge in [0.15, 0.2) is 12.0 Å². The van der Waals surface area contributed by atoms with Crippen LogP contribution in [0.25, 0.3) is 0 Å². The highest BCUT2D eigenvalue weighted by molar-refractivity contribution is 5.86. The summed E-state index contributed by atoms with van der Waals surface area (Å²) in [4.78, 5) is 22.7. The third kappa shape index (κ3) is 1.18. The van der Waals surface area contributed by atoms with Crippen LogP contribution >= 0.6 is 0 Å².